The Balaban J connectivity index is 0.000000473. The van der Waals surface area contributed by atoms with Crippen LogP contribution >= 0.6 is 0 Å². The SMILES string of the molecule is CC(C)CCCC(C)C1CCC2C3CC=C4CC(N)CCC4C3CCC12C.CCC.CCCCC. The maximum Gasteiger partial charge on any atom is 0.00764 e. The topological polar surface area (TPSA) is 26.0 Å². The third-order valence-corrected chi connectivity index (χ3v) is 10.4. The van der Waals surface area contributed by atoms with Crippen molar-refractivity contribution < 1.29 is 0 Å². The number of rotatable bonds is 7. The van der Waals surface area contributed by atoms with Gasteiger partial charge in [-0.15, -0.1) is 0 Å². The Hall–Kier alpha value is -0.300. The van der Waals surface area contributed by atoms with Gasteiger partial charge in [0.25, 0.3) is 0 Å². The van der Waals surface area contributed by atoms with E-state index in [1.807, 2.05) is 0 Å². The molecule has 0 bridgehead atoms. The van der Waals surface area contributed by atoms with Crippen molar-refractivity contribution in [3.63, 3.8) is 0 Å². The van der Waals surface area contributed by atoms with Crippen LogP contribution in [0.4, 0.5) is 0 Å². The number of fused-ring (bicyclic) bond motifs is 5. The molecule has 0 amide bonds. The summed E-state index contributed by atoms with van der Waals surface area (Å²) in [5.74, 6) is 6.66. The number of allylic oxidation sites excluding steroid dienone is 1. The van der Waals surface area contributed by atoms with Crippen LogP contribution in [0.5, 0.6) is 0 Å². The zero-order chi connectivity index (χ0) is 26.0. The third kappa shape index (κ3) is 8.09. The lowest BCUT2D eigenvalue weighted by atomic mass is 9.51. The minimum Gasteiger partial charge on any atom is -0.327 e. The fourth-order valence-corrected chi connectivity index (χ4v) is 8.68. The van der Waals surface area contributed by atoms with E-state index in [1.54, 1.807) is 5.57 Å². The van der Waals surface area contributed by atoms with Crippen LogP contribution in [-0.4, -0.2) is 6.04 Å². The van der Waals surface area contributed by atoms with Crippen LogP contribution in [0.25, 0.3) is 0 Å². The molecule has 0 heterocycles. The molecule has 206 valence electrons. The summed E-state index contributed by atoms with van der Waals surface area (Å²) in [4.78, 5) is 0. The Morgan fingerprint density at radius 3 is 2.17 bits per heavy atom. The molecule has 3 fully saturated rings. The quantitative estimate of drug-likeness (QED) is 0.355. The normalized spacial score (nSPS) is 36.5. The van der Waals surface area contributed by atoms with Gasteiger partial charge in [-0.05, 0) is 98.2 Å². The molecular formula is C34H65N. The highest BCUT2D eigenvalue weighted by molar-refractivity contribution is 5.20. The van der Waals surface area contributed by atoms with Crippen molar-refractivity contribution in [1.29, 1.82) is 0 Å². The molecule has 8 unspecified atom stereocenters. The molecule has 35 heavy (non-hydrogen) atoms. The summed E-state index contributed by atoms with van der Waals surface area (Å²) >= 11 is 0. The lowest BCUT2D eigenvalue weighted by molar-refractivity contribution is -0.0252. The lowest BCUT2D eigenvalue weighted by Gasteiger charge is -2.54. The highest BCUT2D eigenvalue weighted by Crippen LogP contribution is 2.64. The first-order valence-corrected chi connectivity index (χ1v) is 16.2. The van der Waals surface area contributed by atoms with Crippen molar-refractivity contribution in [1.82, 2.24) is 0 Å². The standard InChI is InChI=1S/C26H45N.C5H12.C3H8/c1-17(2)6-5-7-18(3)24-12-13-25-23-10-8-19-16-20(27)9-11-21(19)22(23)14-15-26(24,25)4;1-3-5-4-2;1-3-2/h8,17-18,20-25H,5-7,9-16,27H2,1-4H3;3-5H2,1-2H3;3H2,1-2H3. The van der Waals surface area contributed by atoms with E-state index >= 15 is 0 Å². The number of unbranched alkanes of at least 4 members (excludes halogenated alkanes) is 2. The molecule has 8 atom stereocenters. The second-order valence-electron chi connectivity index (χ2n) is 13.7. The van der Waals surface area contributed by atoms with Crippen molar-refractivity contribution >= 4 is 0 Å². The molecule has 0 aromatic heterocycles. The first kappa shape index (κ1) is 30.9. The highest BCUT2D eigenvalue weighted by Gasteiger charge is 2.56. The second-order valence-corrected chi connectivity index (χ2v) is 13.7. The zero-order valence-electron chi connectivity index (χ0n) is 25.4. The zero-order valence-corrected chi connectivity index (χ0v) is 25.4. The summed E-state index contributed by atoms with van der Waals surface area (Å²) in [6.07, 6.45) is 23.6. The fourth-order valence-electron chi connectivity index (χ4n) is 8.68. The first-order valence-electron chi connectivity index (χ1n) is 16.2. The summed E-state index contributed by atoms with van der Waals surface area (Å²) < 4.78 is 0. The summed E-state index contributed by atoms with van der Waals surface area (Å²) in [6.45, 7) is 18.7. The van der Waals surface area contributed by atoms with Crippen molar-refractivity contribution in [3.05, 3.63) is 11.6 Å². The van der Waals surface area contributed by atoms with E-state index in [0.717, 1.165) is 41.4 Å². The molecule has 4 rings (SSSR count). The maximum absolute atomic E-state index is 6.29. The highest BCUT2D eigenvalue weighted by atomic mass is 14.7. The van der Waals surface area contributed by atoms with Gasteiger partial charge in [-0.25, -0.2) is 0 Å². The molecule has 0 radical (unpaired) electrons. The van der Waals surface area contributed by atoms with Crippen LogP contribution in [0.1, 0.15) is 152 Å². The van der Waals surface area contributed by atoms with Gasteiger partial charge in [-0.2, -0.15) is 0 Å². The van der Waals surface area contributed by atoms with E-state index in [2.05, 4.69) is 61.5 Å². The molecular weight excluding hydrogens is 422 g/mol. The molecule has 0 spiro atoms. The predicted molar refractivity (Wildman–Crippen MR) is 158 cm³/mol. The van der Waals surface area contributed by atoms with Gasteiger partial charge in [0.2, 0.25) is 0 Å². The Labute approximate surface area is 221 Å². The maximum atomic E-state index is 6.29. The summed E-state index contributed by atoms with van der Waals surface area (Å²) in [5.41, 5.74) is 8.68. The molecule has 0 aliphatic heterocycles. The predicted octanol–water partition coefficient (Wildman–Crippen LogP) is 10.6. The van der Waals surface area contributed by atoms with Gasteiger partial charge in [-0.3, -0.25) is 0 Å². The largest absolute Gasteiger partial charge is 0.327 e. The Morgan fingerprint density at radius 2 is 1.57 bits per heavy atom. The van der Waals surface area contributed by atoms with Crippen LogP contribution < -0.4 is 5.73 Å². The van der Waals surface area contributed by atoms with Gasteiger partial charge < -0.3 is 5.73 Å². The van der Waals surface area contributed by atoms with E-state index in [9.17, 15) is 0 Å². The van der Waals surface area contributed by atoms with Crippen LogP contribution in [0.2, 0.25) is 0 Å². The molecule has 1 nitrogen and oxygen atoms in total. The smallest absolute Gasteiger partial charge is 0.00764 e. The minimum absolute atomic E-state index is 0.445. The monoisotopic (exact) mass is 488 g/mol. The van der Waals surface area contributed by atoms with Crippen LogP contribution in [0, 0.1) is 46.8 Å². The van der Waals surface area contributed by atoms with Gasteiger partial charge in [-0.1, -0.05) is 112 Å². The van der Waals surface area contributed by atoms with Gasteiger partial charge >= 0.3 is 0 Å². The number of hydrogen-bond donors (Lipinski definition) is 1. The van der Waals surface area contributed by atoms with E-state index in [1.165, 1.54) is 96.3 Å². The average molecular weight is 488 g/mol. The van der Waals surface area contributed by atoms with Crippen LogP contribution in [-0.2, 0) is 0 Å². The van der Waals surface area contributed by atoms with E-state index in [4.69, 9.17) is 5.73 Å². The van der Waals surface area contributed by atoms with Crippen molar-refractivity contribution in [3.8, 4) is 0 Å². The van der Waals surface area contributed by atoms with Gasteiger partial charge in [0.05, 0.1) is 0 Å². The Bertz CT molecular complexity index is 604. The molecule has 0 aromatic rings. The molecule has 4 aliphatic rings. The lowest BCUT2D eigenvalue weighted by Crippen LogP contribution is -2.47. The summed E-state index contributed by atoms with van der Waals surface area (Å²) in [6, 6.07) is 0.445. The van der Waals surface area contributed by atoms with Gasteiger partial charge in [0.15, 0.2) is 0 Å². The first-order chi connectivity index (χ1) is 16.7. The van der Waals surface area contributed by atoms with Crippen LogP contribution in [0.15, 0.2) is 11.6 Å². The second kappa shape index (κ2) is 15.2. The number of hydrogen-bond acceptors (Lipinski definition) is 1. The molecule has 3 saturated carbocycles. The number of nitrogens with two attached hydrogens (primary N) is 1. The molecule has 1 heteroatoms. The summed E-state index contributed by atoms with van der Waals surface area (Å²) in [5, 5.41) is 0. The van der Waals surface area contributed by atoms with Crippen molar-refractivity contribution in [2.24, 2.45) is 52.6 Å². The van der Waals surface area contributed by atoms with E-state index < -0.39 is 0 Å². The van der Waals surface area contributed by atoms with E-state index in [-0.39, 0.29) is 0 Å². The van der Waals surface area contributed by atoms with E-state index in [0.29, 0.717) is 11.5 Å². The Kier molecular flexibility index (Phi) is 13.4. The summed E-state index contributed by atoms with van der Waals surface area (Å²) in [7, 11) is 0. The fraction of sp³-hybridized carbons (Fsp3) is 0.941. The van der Waals surface area contributed by atoms with Gasteiger partial charge in [0.1, 0.15) is 0 Å². The van der Waals surface area contributed by atoms with Crippen molar-refractivity contribution in [2.45, 2.75) is 158 Å². The average Bonchev–Trinajstić information content (AvgIpc) is 3.17. The molecule has 0 aromatic carbocycles. The molecule has 0 saturated heterocycles. The molecule has 4 aliphatic carbocycles. The Morgan fingerprint density at radius 1 is 0.886 bits per heavy atom. The van der Waals surface area contributed by atoms with Crippen LogP contribution in [0.3, 0.4) is 0 Å². The third-order valence-electron chi connectivity index (χ3n) is 10.4. The minimum atomic E-state index is 0.445. The van der Waals surface area contributed by atoms with Gasteiger partial charge in [0, 0.05) is 6.04 Å². The molecule has 2 N–H and O–H groups in total. The van der Waals surface area contributed by atoms with Crippen molar-refractivity contribution in [2.75, 3.05) is 0 Å².